The molecule has 8 rings (SSSR count). The van der Waals surface area contributed by atoms with Crippen LogP contribution in [0.15, 0.2) is 59.5 Å². The van der Waals surface area contributed by atoms with Crippen LogP contribution < -0.4 is 20.5 Å². The van der Waals surface area contributed by atoms with Crippen molar-refractivity contribution in [3.05, 3.63) is 76.2 Å². The highest BCUT2D eigenvalue weighted by Crippen LogP contribution is 2.52. The van der Waals surface area contributed by atoms with E-state index in [0.717, 1.165) is 61.8 Å². The quantitative estimate of drug-likeness (QED) is 0.382. The molecule has 0 amide bonds. The molecular formula is C31H33N7O2. The summed E-state index contributed by atoms with van der Waals surface area (Å²) in [6.07, 6.45) is 10.5. The Kier molecular flexibility index (Phi) is 5.32. The largest absolute Gasteiger partial charge is 0.490 e. The van der Waals surface area contributed by atoms with Crippen molar-refractivity contribution in [3.8, 4) is 11.4 Å². The Balaban J connectivity index is 1.22. The van der Waals surface area contributed by atoms with Gasteiger partial charge in [0.15, 0.2) is 5.65 Å². The predicted octanol–water partition coefficient (Wildman–Crippen LogP) is 4.35. The zero-order chi connectivity index (χ0) is 26.8. The van der Waals surface area contributed by atoms with E-state index in [9.17, 15) is 4.79 Å². The van der Waals surface area contributed by atoms with Gasteiger partial charge in [-0.15, -0.1) is 0 Å². The monoisotopic (exact) mass is 535 g/mol. The van der Waals surface area contributed by atoms with Crippen LogP contribution in [0.4, 0.5) is 17.3 Å². The highest BCUT2D eigenvalue weighted by molar-refractivity contribution is 5.78. The number of fused-ring (bicyclic) bond motifs is 7. The fourth-order valence-corrected chi connectivity index (χ4v) is 6.81. The summed E-state index contributed by atoms with van der Waals surface area (Å²) in [4.78, 5) is 27.9. The molecule has 5 heterocycles. The van der Waals surface area contributed by atoms with E-state index in [2.05, 4.69) is 63.6 Å². The molecule has 1 aliphatic carbocycles. The van der Waals surface area contributed by atoms with E-state index in [4.69, 9.17) is 9.72 Å². The van der Waals surface area contributed by atoms with Crippen molar-refractivity contribution in [3.63, 3.8) is 0 Å². The third kappa shape index (κ3) is 3.83. The van der Waals surface area contributed by atoms with E-state index < -0.39 is 0 Å². The molecule has 0 unspecified atom stereocenters. The lowest BCUT2D eigenvalue weighted by Gasteiger charge is -2.32. The molecule has 2 aromatic heterocycles. The molecule has 1 fully saturated rings. The normalized spacial score (nSPS) is 20.2. The van der Waals surface area contributed by atoms with Gasteiger partial charge in [0.25, 0.3) is 5.56 Å². The summed E-state index contributed by atoms with van der Waals surface area (Å²) in [5, 5.41) is 3.93. The Labute approximate surface area is 232 Å². The maximum Gasteiger partial charge on any atom is 0.278 e. The van der Waals surface area contributed by atoms with Crippen molar-refractivity contribution >= 4 is 28.4 Å². The smallest absolute Gasteiger partial charge is 0.278 e. The molecule has 204 valence electrons. The summed E-state index contributed by atoms with van der Waals surface area (Å²) < 4.78 is 9.65. The molecule has 9 heteroatoms. The molecule has 4 aromatic rings. The van der Waals surface area contributed by atoms with Crippen molar-refractivity contribution in [1.29, 1.82) is 0 Å². The lowest BCUT2D eigenvalue weighted by molar-refractivity contribution is 0.271. The van der Waals surface area contributed by atoms with E-state index >= 15 is 0 Å². The number of likely N-dealkylation sites (N-methyl/N-ethyl adjacent to an activating group) is 1. The number of ether oxygens (including phenoxy) is 1. The molecule has 0 atom stereocenters. The number of anilines is 3. The second-order valence-corrected chi connectivity index (χ2v) is 11.7. The SMILES string of the molecule is CN1Cc2cc(Nc3ncc4c(=O)n5n(c4n3)-c3ccc4c(c3)N(CCC/C=C\C5)CCO4)ccc2C2(CC2)C1. The Morgan fingerprint density at radius 2 is 2.00 bits per heavy atom. The number of aromatic nitrogens is 4. The number of allylic oxidation sites excluding steroid dienone is 2. The van der Waals surface area contributed by atoms with E-state index in [-0.39, 0.29) is 5.56 Å². The number of hydrogen-bond acceptors (Lipinski definition) is 7. The lowest BCUT2D eigenvalue weighted by atomic mass is 9.87. The van der Waals surface area contributed by atoms with Crippen LogP contribution in [0.3, 0.4) is 0 Å². The molecule has 1 saturated carbocycles. The number of hydrogen-bond donors (Lipinski definition) is 1. The average Bonchev–Trinajstić information content (AvgIpc) is 3.66. The zero-order valence-electron chi connectivity index (χ0n) is 22.8. The van der Waals surface area contributed by atoms with E-state index in [1.54, 1.807) is 10.9 Å². The average molecular weight is 536 g/mol. The van der Waals surface area contributed by atoms with Crippen LogP contribution in [0.5, 0.6) is 5.75 Å². The van der Waals surface area contributed by atoms with Gasteiger partial charge in [0.2, 0.25) is 5.95 Å². The summed E-state index contributed by atoms with van der Waals surface area (Å²) in [6, 6.07) is 12.8. The number of rotatable bonds is 2. The summed E-state index contributed by atoms with van der Waals surface area (Å²) >= 11 is 0. The molecular weight excluding hydrogens is 502 g/mol. The fourth-order valence-electron chi connectivity index (χ4n) is 6.81. The molecule has 3 aliphatic heterocycles. The minimum atomic E-state index is -0.0966. The van der Waals surface area contributed by atoms with Crippen LogP contribution in [-0.2, 0) is 18.5 Å². The van der Waals surface area contributed by atoms with Gasteiger partial charge in [-0.25, -0.2) is 14.3 Å². The first-order chi connectivity index (χ1) is 19.6. The van der Waals surface area contributed by atoms with Crippen LogP contribution >= 0.6 is 0 Å². The summed E-state index contributed by atoms with van der Waals surface area (Å²) in [7, 11) is 2.20. The molecule has 9 nitrogen and oxygen atoms in total. The first kappa shape index (κ1) is 23.7. The van der Waals surface area contributed by atoms with Gasteiger partial charge in [-0.1, -0.05) is 18.2 Å². The van der Waals surface area contributed by atoms with Crippen LogP contribution in [-0.4, -0.2) is 57.5 Å². The number of nitrogens with one attached hydrogen (secondary N) is 1. The van der Waals surface area contributed by atoms with Gasteiger partial charge < -0.3 is 19.9 Å². The number of benzene rings is 2. The van der Waals surface area contributed by atoms with Gasteiger partial charge in [-0.2, -0.15) is 4.98 Å². The Morgan fingerprint density at radius 3 is 2.90 bits per heavy atom. The van der Waals surface area contributed by atoms with Gasteiger partial charge >= 0.3 is 0 Å². The standard InChI is InChI=1S/C31H33N7O2/c1-35-19-21-16-22(6-8-25(21)31(20-35)10-11-31)33-30-32-18-24-28(34-30)38-23-7-9-27-26(17-23)36(14-15-40-27)12-4-2-3-5-13-37(38)29(24)39/h3,5-9,16-18H,2,4,10-15,19-20H2,1H3,(H,32,33,34)/b5-3-. The Bertz CT molecular complexity index is 1730. The fraction of sp³-hybridized carbons (Fsp3) is 0.387. The summed E-state index contributed by atoms with van der Waals surface area (Å²) in [5.41, 5.74) is 6.61. The van der Waals surface area contributed by atoms with Gasteiger partial charge in [-0.3, -0.25) is 4.79 Å². The second kappa shape index (κ2) is 8.96. The minimum Gasteiger partial charge on any atom is -0.490 e. The molecule has 1 N–H and O–H groups in total. The van der Waals surface area contributed by atoms with Gasteiger partial charge in [0.1, 0.15) is 17.7 Å². The first-order valence-electron chi connectivity index (χ1n) is 14.3. The van der Waals surface area contributed by atoms with Gasteiger partial charge in [0.05, 0.1) is 24.5 Å². The topological polar surface area (TPSA) is 80.5 Å². The van der Waals surface area contributed by atoms with Crippen molar-refractivity contribution in [2.75, 3.05) is 43.5 Å². The van der Waals surface area contributed by atoms with Gasteiger partial charge in [0, 0.05) is 36.9 Å². The maximum atomic E-state index is 13.6. The highest BCUT2D eigenvalue weighted by atomic mass is 16.5. The predicted molar refractivity (Wildman–Crippen MR) is 156 cm³/mol. The molecule has 0 saturated heterocycles. The van der Waals surface area contributed by atoms with Crippen molar-refractivity contribution in [1.82, 2.24) is 24.2 Å². The summed E-state index contributed by atoms with van der Waals surface area (Å²) in [6.45, 7) is 5.06. The highest BCUT2D eigenvalue weighted by Gasteiger charge is 2.48. The van der Waals surface area contributed by atoms with E-state index in [1.807, 2.05) is 16.8 Å². The maximum absolute atomic E-state index is 13.6. The van der Waals surface area contributed by atoms with Gasteiger partial charge in [-0.05, 0) is 74.2 Å². The molecule has 2 aromatic carbocycles. The van der Waals surface area contributed by atoms with Crippen LogP contribution in [0.25, 0.3) is 16.7 Å². The Morgan fingerprint density at radius 1 is 1.07 bits per heavy atom. The second-order valence-electron chi connectivity index (χ2n) is 11.7. The van der Waals surface area contributed by atoms with Crippen LogP contribution in [0.1, 0.15) is 36.8 Å². The molecule has 40 heavy (non-hydrogen) atoms. The molecule has 1 spiro atoms. The van der Waals surface area contributed by atoms with Crippen LogP contribution in [0.2, 0.25) is 0 Å². The van der Waals surface area contributed by atoms with E-state index in [1.165, 1.54) is 24.0 Å². The van der Waals surface area contributed by atoms with Crippen molar-refractivity contribution in [2.45, 2.75) is 44.2 Å². The number of nitrogens with zero attached hydrogens (tertiary/aromatic N) is 6. The Hall–Kier alpha value is -4.11. The van der Waals surface area contributed by atoms with E-state index in [0.29, 0.717) is 35.5 Å². The van der Waals surface area contributed by atoms with Crippen molar-refractivity contribution in [2.24, 2.45) is 0 Å². The molecule has 0 radical (unpaired) electrons. The third-order valence-corrected chi connectivity index (χ3v) is 8.87. The minimum absolute atomic E-state index is 0.0966. The molecule has 2 bridgehead atoms. The van der Waals surface area contributed by atoms with Crippen molar-refractivity contribution < 1.29 is 4.74 Å². The molecule has 4 aliphatic rings. The first-order valence-corrected chi connectivity index (χ1v) is 14.3. The zero-order valence-corrected chi connectivity index (χ0v) is 22.8. The third-order valence-electron chi connectivity index (χ3n) is 8.87. The lowest BCUT2D eigenvalue weighted by Crippen LogP contribution is -2.35. The van der Waals surface area contributed by atoms with Crippen LogP contribution in [0, 0.1) is 0 Å². The summed E-state index contributed by atoms with van der Waals surface area (Å²) in [5.74, 6) is 1.36.